The van der Waals surface area contributed by atoms with E-state index in [0.29, 0.717) is 32.5 Å². The van der Waals surface area contributed by atoms with Crippen LogP contribution in [0.4, 0.5) is 4.79 Å². The molecule has 1 N–H and O–H groups in total. The van der Waals surface area contributed by atoms with Crippen molar-refractivity contribution in [2.45, 2.75) is 44.9 Å². The highest BCUT2D eigenvalue weighted by molar-refractivity contribution is 5.75. The summed E-state index contributed by atoms with van der Waals surface area (Å²) < 4.78 is 12.9. The summed E-state index contributed by atoms with van der Waals surface area (Å²) in [5.41, 5.74) is 4.03. The number of amides is 1. The second kappa shape index (κ2) is 12.2. The summed E-state index contributed by atoms with van der Waals surface area (Å²) in [6, 6.07) is 26.2. The van der Waals surface area contributed by atoms with Gasteiger partial charge in [-0.05, 0) is 55.2 Å². The quantitative estimate of drug-likeness (QED) is 0.323. The van der Waals surface area contributed by atoms with Gasteiger partial charge in [-0.3, -0.25) is 9.47 Å². The number of H-pyrrole nitrogens is 1. The lowest BCUT2D eigenvalue weighted by Gasteiger charge is -2.33. The van der Waals surface area contributed by atoms with Gasteiger partial charge in [-0.1, -0.05) is 54.6 Å². The number of piperidine rings is 1. The third-order valence-corrected chi connectivity index (χ3v) is 7.56. The Morgan fingerprint density at radius 2 is 1.59 bits per heavy atom. The third-order valence-electron chi connectivity index (χ3n) is 7.56. The number of rotatable bonds is 9. The van der Waals surface area contributed by atoms with Crippen LogP contribution in [0.5, 0.6) is 5.75 Å². The molecule has 1 atom stereocenters. The van der Waals surface area contributed by atoms with Crippen LogP contribution in [-0.4, -0.2) is 58.3 Å². The molecule has 3 aromatic carbocycles. The number of imidazole rings is 1. The van der Waals surface area contributed by atoms with E-state index in [4.69, 9.17) is 9.47 Å². The molecule has 0 saturated carbocycles. The van der Waals surface area contributed by atoms with Crippen LogP contribution < -0.4 is 10.4 Å². The SMILES string of the molecule is COc1ccc(CN(Cc2ccccc2)[C@@H](C)COC(=O)N2CCC(n3c(=O)[nH]c4ccccc43)CC2)cc1. The Kier molecular flexibility index (Phi) is 8.32. The molecule has 1 aromatic heterocycles. The monoisotopic (exact) mass is 528 g/mol. The fourth-order valence-electron chi connectivity index (χ4n) is 5.28. The van der Waals surface area contributed by atoms with Crippen molar-refractivity contribution in [3.8, 4) is 5.75 Å². The van der Waals surface area contributed by atoms with E-state index in [9.17, 15) is 9.59 Å². The van der Waals surface area contributed by atoms with Crippen LogP contribution in [0.3, 0.4) is 0 Å². The highest BCUT2D eigenvalue weighted by Crippen LogP contribution is 2.25. The van der Waals surface area contributed by atoms with E-state index < -0.39 is 0 Å². The fraction of sp³-hybridized carbons (Fsp3) is 0.355. The minimum absolute atomic E-state index is 0.0126. The lowest BCUT2D eigenvalue weighted by Crippen LogP contribution is -2.42. The first kappa shape index (κ1) is 26.6. The molecule has 1 aliphatic rings. The van der Waals surface area contributed by atoms with Crippen LogP contribution in [0.25, 0.3) is 11.0 Å². The average molecular weight is 529 g/mol. The van der Waals surface area contributed by atoms with Crippen molar-refractivity contribution in [2.75, 3.05) is 26.8 Å². The summed E-state index contributed by atoms with van der Waals surface area (Å²) in [4.78, 5) is 32.6. The highest BCUT2D eigenvalue weighted by atomic mass is 16.6. The molecular weight excluding hydrogens is 492 g/mol. The van der Waals surface area contributed by atoms with Crippen LogP contribution in [0.15, 0.2) is 83.7 Å². The molecule has 0 unspecified atom stereocenters. The number of fused-ring (bicyclic) bond motifs is 1. The second-order valence-electron chi connectivity index (χ2n) is 10.2. The zero-order valence-electron chi connectivity index (χ0n) is 22.6. The molecule has 39 heavy (non-hydrogen) atoms. The van der Waals surface area contributed by atoms with Gasteiger partial charge in [0.15, 0.2) is 0 Å². The average Bonchev–Trinajstić information content (AvgIpc) is 3.32. The molecule has 1 amide bonds. The molecule has 1 aliphatic heterocycles. The van der Waals surface area contributed by atoms with Crippen molar-refractivity contribution in [1.82, 2.24) is 19.4 Å². The Labute approximate surface area is 228 Å². The van der Waals surface area contributed by atoms with E-state index in [2.05, 4.69) is 41.1 Å². The van der Waals surface area contributed by atoms with Gasteiger partial charge in [0.2, 0.25) is 0 Å². The summed E-state index contributed by atoms with van der Waals surface area (Å²) in [5.74, 6) is 0.827. The number of hydrogen-bond donors (Lipinski definition) is 1. The molecule has 204 valence electrons. The molecule has 0 aliphatic carbocycles. The smallest absolute Gasteiger partial charge is 0.409 e. The van der Waals surface area contributed by atoms with Crippen LogP contribution in [0, 0.1) is 0 Å². The Bertz CT molecular complexity index is 1420. The van der Waals surface area contributed by atoms with Crippen molar-refractivity contribution in [3.05, 3.63) is 100 Å². The zero-order chi connectivity index (χ0) is 27.2. The predicted molar refractivity (Wildman–Crippen MR) is 152 cm³/mol. The first-order chi connectivity index (χ1) is 19.0. The lowest BCUT2D eigenvalue weighted by molar-refractivity contribution is 0.0567. The first-order valence-corrected chi connectivity index (χ1v) is 13.5. The van der Waals surface area contributed by atoms with Crippen molar-refractivity contribution >= 4 is 17.1 Å². The minimum atomic E-state index is -0.296. The van der Waals surface area contributed by atoms with Crippen LogP contribution >= 0.6 is 0 Å². The van der Waals surface area contributed by atoms with Gasteiger partial charge in [0.1, 0.15) is 12.4 Å². The number of ether oxygens (including phenoxy) is 2. The number of hydrogen-bond acceptors (Lipinski definition) is 5. The normalized spacial score (nSPS) is 15.0. The molecule has 5 rings (SSSR count). The Morgan fingerprint density at radius 3 is 2.28 bits per heavy atom. The first-order valence-electron chi connectivity index (χ1n) is 13.5. The number of benzene rings is 3. The van der Waals surface area contributed by atoms with Gasteiger partial charge in [0.25, 0.3) is 0 Å². The van der Waals surface area contributed by atoms with Crippen LogP contribution in [-0.2, 0) is 17.8 Å². The molecule has 8 nitrogen and oxygen atoms in total. The number of methoxy groups -OCH3 is 1. The molecule has 1 saturated heterocycles. The number of aromatic nitrogens is 2. The fourth-order valence-corrected chi connectivity index (χ4v) is 5.28. The Balaban J connectivity index is 1.18. The van der Waals surface area contributed by atoms with Gasteiger partial charge in [-0.25, -0.2) is 9.59 Å². The van der Waals surface area contributed by atoms with Crippen molar-refractivity contribution < 1.29 is 14.3 Å². The molecule has 2 heterocycles. The van der Waals surface area contributed by atoms with E-state index in [1.165, 1.54) is 11.1 Å². The number of nitrogens with zero attached hydrogens (tertiary/aromatic N) is 3. The van der Waals surface area contributed by atoms with Gasteiger partial charge >= 0.3 is 11.8 Å². The molecule has 1 fully saturated rings. The summed E-state index contributed by atoms with van der Waals surface area (Å²) in [6.45, 7) is 4.98. The van der Waals surface area contributed by atoms with Crippen molar-refractivity contribution in [2.24, 2.45) is 0 Å². The standard InChI is InChI=1S/C31H36N4O4/c1-23(34(20-24-8-4-3-5-9-24)21-25-12-14-27(38-2)15-13-25)22-39-31(37)33-18-16-26(17-19-33)35-29-11-7-6-10-28(29)32-30(35)36/h3-15,23,26H,16-22H2,1-2H3,(H,32,36)/t23-/m0/s1. The van der Waals surface area contributed by atoms with Gasteiger partial charge in [0.05, 0.1) is 18.1 Å². The highest BCUT2D eigenvalue weighted by Gasteiger charge is 2.27. The van der Waals surface area contributed by atoms with E-state index in [0.717, 1.165) is 29.9 Å². The van der Waals surface area contributed by atoms with E-state index in [1.807, 2.05) is 59.2 Å². The summed E-state index contributed by atoms with van der Waals surface area (Å²) in [7, 11) is 1.66. The maximum atomic E-state index is 13.0. The van der Waals surface area contributed by atoms with Gasteiger partial charge in [-0.2, -0.15) is 0 Å². The Morgan fingerprint density at radius 1 is 0.949 bits per heavy atom. The summed E-state index contributed by atoms with van der Waals surface area (Å²) in [6.07, 6.45) is 1.13. The number of carbonyl (C=O) groups excluding carboxylic acids is 1. The molecule has 0 bridgehead atoms. The molecule has 0 radical (unpaired) electrons. The molecule has 4 aromatic rings. The largest absolute Gasteiger partial charge is 0.497 e. The topological polar surface area (TPSA) is 79.8 Å². The van der Waals surface area contributed by atoms with Gasteiger partial charge < -0.3 is 19.4 Å². The predicted octanol–water partition coefficient (Wildman–Crippen LogP) is 5.20. The van der Waals surface area contributed by atoms with Crippen molar-refractivity contribution in [1.29, 1.82) is 0 Å². The number of para-hydroxylation sites is 2. The number of nitrogens with one attached hydrogen (secondary N) is 1. The number of aromatic amines is 1. The van der Waals surface area contributed by atoms with Gasteiger partial charge in [0, 0.05) is 38.3 Å². The second-order valence-corrected chi connectivity index (χ2v) is 10.2. The Hall–Kier alpha value is -4.04. The zero-order valence-corrected chi connectivity index (χ0v) is 22.6. The maximum Gasteiger partial charge on any atom is 0.409 e. The van der Waals surface area contributed by atoms with E-state index in [1.54, 1.807) is 12.0 Å². The minimum Gasteiger partial charge on any atom is -0.497 e. The summed E-state index contributed by atoms with van der Waals surface area (Å²) in [5, 5.41) is 0. The third kappa shape index (κ3) is 6.34. The van der Waals surface area contributed by atoms with Crippen LogP contribution in [0.1, 0.15) is 36.9 Å². The van der Waals surface area contributed by atoms with Gasteiger partial charge in [-0.15, -0.1) is 0 Å². The molecular formula is C31H36N4O4. The molecule has 8 heteroatoms. The van der Waals surface area contributed by atoms with Crippen LogP contribution in [0.2, 0.25) is 0 Å². The number of carbonyl (C=O) groups is 1. The molecule has 0 spiro atoms. The van der Waals surface area contributed by atoms with E-state index in [-0.39, 0.29) is 23.9 Å². The van der Waals surface area contributed by atoms with Crippen molar-refractivity contribution in [3.63, 3.8) is 0 Å². The summed E-state index contributed by atoms with van der Waals surface area (Å²) >= 11 is 0. The lowest BCUT2D eigenvalue weighted by atomic mass is 10.0. The van der Waals surface area contributed by atoms with E-state index >= 15 is 0 Å². The maximum absolute atomic E-state index is 13.0. The number of likely N-dealkylation sites (tertiary alicyclic amines) is 1.